The number of esters is 1. The minimum Gasteiger partial charge on any atom is -0.493 e. The van der Waals surface area contributed by atoms with Gasteiger partial charge in [-0.2, -0.15) is 0 Å². The molecule has 1 heterocycles. The lowest BCUT2D eigenvalue weighted by atomic mass is 10.0. The van der Waals surface area contributed by atoms with Crippen molar-refractivity contribution < 1.29 is 33.4 Å². The Kier molecular flexibility index (Phi) is 8.61. The van der Waals surface area contributed by atoms with Gasteiger partial charge in [0.15, 0.2) is 18.1 Å². The zero-order valence-corrected chi connectivity index (χ0v) is 20.5. The topological polar surface area (TPSA) is 111 Å². The first kappa shape index (κ1) is 26.2. The van der Waals surface area contributed by atoms with E-state index in [-0.39, 0.29) is 24.5 Å². The van der Waals surface area contributed by atoms with E-state index < -0.39 is 23.8 Å². The maximum atomic E-state index is 13.2. The molecule has 1 aliphatic heterocycles. The van der Waals surface area contributed by atoms with Crippen LogP contribution in [-0.4, -0.2) is 44.1 Å². The molecule has 9 nitrogen and oxygen atoms in total. The Hall–Kier alpha value is -4.40. The first-order valence-electron chi connectivity index (χ1n) is 11.4. The van der Waals surface area contributed by atoms with E-state index in [0.29, 0.717) is 29.0 Å². The van der Waals surface area contributed by atoms with Crippen LogP contribution in [0.1, 0.15) is 30.5 Å². The molecule has 0 aliphatic carbocycles. The number of nitrogens with one attached hydrogen (secondary N) is 1. The van der Waals surface area contributed by atoms with E-state index in [1.54, 1.807) is 37.3 Å². The lowest BCUT2D eigenvalue weighted by Crippen LogP contribution is -2.54. The quantitative estimate of drug-likeness (QED) is 0.233. The van der Waals surface area contributed by atoms with Crippen LogP contribution >= 0.6 is 0 Å². The van der Waals surface area contributed by atoms with Crippen molar-refractivity contribution in [2.75, 3.05) is 25.2 Å². The van der Waals surface area contributed by atoms with Gasteiger partial charge < -0.3 is 14.2 Å². The van der Waals surface area contributed by atoms with Crippen molar-refractivity contribution in [3.63, 3.8) is 0 Å². The number of amides is 4. The molecule has 1 N–H and O–H groups in total. The van der Waals surface area contributed by atoms with E-state index in [0.717, 1.165) is 16.9 Å². The molecule has 2 aromatic carbocycles. The van der Waals surface area contributed by atoms with Crippen LogP contribution in [-0.2, 0) is 32.0 Å². The second-order valence-electron chi connectivity index (χ2n) is 7.78. The summed E-state index contributed by atoms with van der Waals surface area (Å²) >= 11 is 0. The summed E-state index contributed by atoms with van der Waals surface area (Å²) in [5.74, 6) is -1.48. The van der Waals surface area contributed by atoms with Crippen molar-refractivity contribution in [1.29, 1.82) is 0 Å². The Morgan fingerprint density at radius 2 is 1.83 bits per heavy atom. The molecule has 36 heavy (non-hydrogen) atoms. The van der Waals surface area contributed by atoms with Crippen LogP contribution < -0.4 is 19.7 Å². The third-order valence-corrected chi connectivity index (χ3v) is 5.39. The van der Waals surface area contributed by atoms with Gasteiger partial charge in [0.1, 0.15) is 5.57 Å². The fraction of sp³-hybridized carbons (Fsp3) is 0.259. The molecule has 0 unspecified atom stereocenters. The Morgan fingerprint density at radius 1 is 1.11 bits per heavy atom. The van der Waals surface area contributed by atoms with E-state index in [1.807, 2.05) is 19.1 Å². The van der Waals surface area contributed by atoms with E-state index in [9.17, 15) is 19.2 Å². The van der Waals surface area contributed by atoms with Gasteiger partial charge in [0, 0.05) is 5.56 Å². The summed E-state index contributed by atoms with van der Waals surface area (Å²) in [7, 11) is 1.43. The number of allylic oxidation sites excluding steroid dienone is 1. The average molecular weight is 493 g/mol. The summed E-state index contributed by atoms with van der Waals surface area (Å²) < 4.78 is 16.0. The highest BCUT2D eigenvalue weighted by Gasteiger charge is 2.36. The lowest BCUT2D eigenvalue weighted by Gasteiger charge is -2.26. The predicted octanol–water partition coefficient (Wildman–Crippen LogP) is 3.59. The highest BCUT2D eigenvalue weighted by atomic mass is 16.6. The van der Waals surface area contributed by atoms with Crippen LogP contribution in [0.25, 0.3) is 6.08 Å². The molecular formula is C27H28N2O7. The molecule has 1 fully saturated rings. The van der Waals surface area contributed by atoms with Crippen LogP contribution in [0.15, 0.2) is 54.6 Å². The Bertz CT molecular complexity index is 1220. The second kappa shape index (κ2) is 11.8. The standard InChI is InChI=1S/C27H28N2O7/c1-5-8-19-13-18(15-22(34-4)24(19)36-16-23(30)35-7-3)14-21-25(31)28-27(33)29(26(21)32)20-11-9-17(6-2)10-12-20/h5,9-15H,1,6-8,16H2,2-4H3,(H,28,31,33)/b21-14-. The van der Waals surface area contributed by atoms with Gasteiger partial charge in [-0.3, -0.25) is 14.9 Å². The molecule has 0 atom stereocenters. The minimum atomic E-state index is -0.820. The monoisotopic (exact) mass is 492 g/mol. The largest absolute Gasteiger partial charge is 0.493 e. The fourth-order valence-electron chi connectivity index (χ4n) is 3.66. The van der Waals surface area contributed by atoms with Gasteiger partial charge in [-0.25, -0.2) is 14.5 Å². The molecule has 0 spiro atoms. The number of methoxy groups -OCH3 is 1. The zero-order chi connectivity index (χ0) is 26.2. The smallest absolute Gasteiger partial charge is 0.344 e. The molecule has 0 saturated carbocycles. The summed E-state index contributed by atoms with van der Waals surface area (Å²) in [5, 5.41) is 2.22. The number of hydrogen-bond donors (Lipinski definition) is 1. The Balaban J connectivity index is 1.99. The summed E-state index contributed by atoms with van der Waals surface area (Å²) in [6.45, 7) is 7.35. The summed E-state index contributed by atoms with van der Waals surface area (Å²) in [6.07, 6.45) is 4.18. The molecule has 188 valence electrons. The molecule has 2 aromatic rings. The highest BCUT2D eigenvalue weighted by Crippen LogP contribution is 2.35. The Morgan fingerprint density at radius 3 is 2.44 bits per heavy atom. The molecule has 9 heteroatoms. The van der Waals surface area contributed by atoms with Gasteiger partial charge in [-0.1, -0.05) is 25.1 Å². The highest BCUT2D eigenvalue weighted by molar-refractivity contribution is 6.39. The SMILES string of the molecule is C=CCc1cc(/C=C2/C(=O)NC(=O)N(c3ccc(CC)cc3)C2=O)cc(OC)c1OCC(=O)OCC. The van der Waals surface area contributed by atoms with Crippen LogP contribution in [0, 0.1) is 0 Å². The van der Waals surface area contributed by atoms with Crippen molar-refractivity contribution >= 4 is 35.6 Å². The number of rotatable bonds is 10. The molecule has 3 rings (SSSR count). The summed E-state index contributed by atoms with van der Waals surface area (Å²) in [6, 6.07) is 9.38. The van der Waals surface area contributed by atoms with Gasteiger partial charge in [0.05, 0.1) is 19.4 Å². The number of barbiturate groups is 1. The van der Waals surface area contributed by atoms with Crippen molar-refractivity contribution in [1.82, 2.24) is 5.32 Å². The average Bonchev–Trinajstić information content (AvgIpc) is 2.86. The maximum absolute atomic E-state index is 13.2. The van der Waals surface area contributed by atoms with Gasteiger partial charge in [0.2, 0.25) is 0 Å². The molecule has 1 aliphatic rings. The lowest BCUT2D eigenvalue weighted by molar-refractivity contribution is -0.145. The van der Waals surface area contributed by atoms with Crippen LogP contribution in [0.2, 0.25) is 0 Å². The number of nitrogens with zero attached hydrogens (tertiary/aromatic N) is 1. The zero-order valence-electron chi connectivity index (χ0n) is 20.5. The number of imide groups is 2. The molecular weight excluding hydrogens is 464 g/mol. The number of hydrogen-bond acceptors (Lipinski definition) is 7. The van der Waals surface area contributed by atoms with Crippen LogP contribution in [0.3, 0.4) is 0 Å². The fourth-order valence-corrected chi connectivity index (χ4v) is 3.66. The van der Waals surface area contributed by atoms with Crippen LogP contribution in [0.4, 0.5) is 10.5 Å². The number of anilines is 1. The number of ether oxygens (including phenoxy) is 3. The van der Waals surface area contributed by atoms with Crippen molar-refractivity contribution in [2.24, 2.45) is 0 Å². The summed E-state index contributed by atoms with van der Waals surface area (Å²) in [5.41, 5.74) is 2.25. The normalized spacial score (nSPS) is 14.5. The van der Waals surface area contributed by atoms with E-state index in [4.69, 9.17) is 14.2 Å². The van der Waals surface area contributed by atoms with Gasteiger partial charge in [0.25, 0.3) is 11.8 Å². The second-order valence-corrected chi connectivity index (χ2v) is 7.78. The first-order chi connectivity index (χ1) is 17.3. The molecule has 0 bridgehead atoms. The number of carbonyl (C=O) groups is 4. The van der Waals surface area contributed by atoms with Crippen molar-refractivity contribution in [3.05, 3.63) is 71.3 Å². The molecule has 4 amide bonds. The number of carbonyl (C=O) groups excluding carboxylic acids is 4. The number of benzene rings is 2. The Labute approximate surface area is 209 Å². The third-order valence-electron chi connectivity index (χ3n) is 5.39. The van der Waals surface area contributed by atoms with Gasteiger partial charge >= 0.3 is 12.0 Å². The summed E-state index contributed by atoms with van der Waals surface area (Å²) in [4.78, 5) is 51.0. The molecule has 0 aromatic heterocycles. The van der Waals surface area contributed by atoms with Gasteiger partial charge in [-0.05, 0) is 61.2 Å². The van der Waals surface area contributed by atoms with E-state index in [2.05, 4.69) is 11.9 Å². The number of aryl methyl sites for hydroxylation is 1. The predicted molar refractivity (Wildman–Crippen MR) is 134 cm³/mol. The first-order valence-corrected chi connectivity index (χ1v) is 11.4. The number of urea groups is 1. The minimum absolute atomic E-state index is 0.221. The molecule has 1 saturated heterocycles. The van der Waals surface area contributed by atoms with E-state index in [1.165, 1.54) is 13.2 Å². The molecule has 0 radical (unpaired) electrons. The third kappa shape index (κ3) is 5.80. The van der Waals surface area contributed by atoms with Crippen molar-refractivity contribution in [2.45, 2.75) is 26.7 Å². The van der Waals surface area contributed by atoms with Crippen LogP contribution in [0.5, 0.6) is 11.5 Å². The van der Waals surface area contributed by atoms with Gasteiger partial charge in [-0.15, -0.1) is 6.58 Å². The maximum Gasteiger partial charge on any atom is 0.344 e. The van der Waals surface area contributed by atoms with E-state index >= 15 is 0 Å². The van der Waals surface area contributed by atoms with Crippen molar-refractivity contribution in [3.8, 4) is 11.5 Å².